The van der Waals surface area contributed by atoms with Crippen molar-refractivity contribution < 1.29 is 14.3 Å². The number of amides is 2. The molecule has 2 aromatic heterocycles. The maximum atomic E-state index is 13.3. The number of rotatable bonds is 6. The first kappa shape index (κ1) is 27.6. The molecule has 0 radical (unpaired) electrons. The average Bonchev–Trinajstić information content (AvgIpc) is 3.00. The van der Waals surface area contributed by atoms with Crippen LogP contribution < -0.4 is 15.0 Å². The van der Waals surface area contributed by atoms with Crippen molar-refractivity contribution in [2.75, 3.05) is 30.4 Å². The number of pyridine rings is 2. The molecule has 2 aromatic carbocycles. The molecule has 41 heavy (non-hydrogen) atoms. The Bertz CT molecular complexity index is 1620. The monoisotopic (exact) mass is 548 g/mol. The molecule has 208 valence electrons. The van der Waals surface area contributed by atoms with Gasteiger partial charge < -0.3 is 19.9 Å². The quantitative estimate of drug-likeness (QED) is 0.350. The van der Waals surface area contributed by atoms with Crippen LogP contribution in [0.5, 0.6) is 5.75 Å². The molecule has 4 aromatic rings. The van der Waals surface area contributed by atoms with E-state index in [1.807, 2.05) is 54.3 Å². The Hall–Kier alpha value is -4.97. The summed E-state index contributed by atoms with van der Waals surface area (Å²) in [5, 5.41) is 12.7. The lowest BCUT2D eigenvalue weighted by molar-refractivity contribution is -0.135. The molecule has 0 bridgehead atoms. The number of anilines is 2. The number of benzene rings is 2. The van der Waals surface area contributed by atoms with Crippen LogP contribution in [0, 0.1) is 11.3 Å². The van der Waals surface area contributed by atoms with Crippen molar-refractivity contribution in [3.05, 3.63) is 78.1 Å². The van der Waals surface area contributed by atoms with Gasteiger partial charge >= 0.3 is 0 Å². The molecule has 1 saturated heterocycles. The van der Waals surface area contributed by atoms with Crippen molar-refractivity contribution in [2.24, 2.45) is 0 Å². The molecular formula is C32H32N6O3. The van der Waals surface area contributed by atoms with Crippen LogP contribution in [0.15, 0.2) is 67.0 Å². The summed E-state index contributed by atoms with van der Waals surface area (Å²) in [6.07, 6.45) is 3.65. The Labute approximate surface area is 239 Å². The molecule has 1 aliphatic heterocycles. The average molecular weight is 549 g/mol. The molecule has 2 atom stereocenters. The summed E-state index contributed by atoms with van der Waals surface area (Å²) in [6, 6.07) is 19.0. The van der Waals surface area contributed by atoms with Gasteiger partial charge in [0.2, 0.25) is 5.91 Å². The Kier molecular flexibility index (Phi) is 7.83. The van der Waals surface area contributed by atoms with E-state index in [-0.39, 0.29) is 23.9 Å². The van der Waals surface area contributed by atoms with Crippen LogP contribution in [0.4, 0.5) is 11.5 Å². The zero-order valence-corrected chi connectivity index (χ0v) is 23.6. The van der Waals surface area contributed by atoms with Crippen LogP contribution in [0.3, 0.4) is 0 Å². The lowest BCUT2D eigenvalue weighted by atomic mass is 9.99. The van der Waals surface area contributed by atoms with Gasteiger partial charge in [-0.1, -0.05) is 31.2 Å². The van der Waals surface area contributed by atoms with Crippen LogP contribution in [-0.4, -0.2) is 59.0 Å². The number of nitrogens with one attached hydrogen (secondary N) is 1. The Morgan fingerprint density at radius 1 is 1.02 bits per heavy atom. The van der Waals surface area contributed by atoms with Crippen molar-refractivity contribution in [1.82, 2.24) is 14.9 Å². The van der Waals surface area contributed by atoms with Crippen molar-refractivity contribution >= 4 is 34.2 Å². The molecule has 1 N–H and O–H groups in total. The van der Waals surface area contributed by atoms with Gasteiger partial charge in [0.05, 0.1) is 36.1 Å². The minimum Gasteiger partial charge on any atom is -0.495 e. The largest absolute Gasteiger partial charge is 0.495 e. The summed E-state index contributed by atoms with van der Waals surface area (Å²) in [5.74, 6) is 1.03. The number of nitrogens with zero attached hydrogens (tertiary/aromatic N) is 5. The maximum Gasteiger partial charge on any atom is 0.261 e. The van der Waals surface area contributed by atoms with Crippen molar-refractivity contribution in [2.45, 2.75) is 39.3 Å². The number of hydrogen-bond donors (Lipinski definition) is 1. The summed E-state index contributed by atoms with van der Waals surface area (Å²) in [7, 11) is 1.53. The third kappa shape index (κ3) is 5.41. The molecule has 0 unspecified atom stereocenters. The minimum atomic E-state index is -0.358. The van der Waals surface area contributed by atoms with E-state index in [9.17, 15) is 9.59 Å². The van der Waals surface area contributed by atoms with Gasteiger partial charge in [-0.2, -0.15) is 5.26 Å². The van der Waals surface area contributed by atoms with Gasteiger partial charge in [0.1, 0.15) is 17.1 Å². The fourth-order valence-electron chi connectivity index (χ4n) is 5.57. The fraction of sp³-hybridized carbons (Fsp3) is 0.281. The zero-order valence-electron chi connectivity index (χ0n) is 23.6. The predicted octanol–water partition coefficient (Wildman–Crippen LogP) is 5.26. The first-order valence-corrected chi connectivity index (χ1v) is 13.6. The summed E-state index contributed by atoms with van der Waals surface area (Å²) in [4.78, 5) is 39.0. The number of aromatic nitrogens is 2. The number of ether oxygens (including phenoxy) is 1. The van der Waals surface area contributed by atoms with Crippen molar-refractivity contribution in [3.8, 4) is 22.9 Å². The SMILES string of the molecule is CCC(=O)N1[C@H](C)CN(c2ccc(NC(=O)c3cnc4c(-c5ccc(C#N)cc5)cccc4c3OC)cn2)C[C@@H]1C. The Morgan fingerprint density at radius 3 is 2.37 bits per heavy atom. The van der Waals surface area contributed by atoms with E-state index in [1.165, 1.54) is 13.3 Å². The number of para-hydroxylation sites is 1. The molecule has 5 rings (SSSR count). The van der Waals surface area contributed by atoms with Crippen LogP contribution in [0.1, 0.15) is 43.1 Å². The van der Waals surface area contributed by atoms with Gasteiger partial charge in [-0.15, -0.1) is 0 Å². The number of methoxy groups -OCH3 is 1. The molecule has 9 heteroatoms. The van der Waals surface area contributed by atoms with Gasteiger partial charge in [-0.05, 0) is 49.7 Å². The number of carbonyl (C=O) groups excluding carboxylic acids is 2. The number of fused-ring (bicyclic) bond motifs is 1. The molecule has 2 amide bonds. The molecule has 0 spiro atoms. The number of piperazine rings is 1. The van der Waals surface area contributed by atoms with Crippen molar-refractivity contribution in [1.29, 1.82) is 5.26 Å². The molecule has 9 nitrogen and oxygen atoms in total. The van der Waals surface area contributed by atoms with Gasteiger partial charge in [0.15, 0.2) is 0 Å². The highest BCUT2D eigenvalue weighted by molar-refractivity contribution is 6.10. The lowest BCUT2D eigenvalue weighted by Crippen LogP contribution is -2.58. The molecule has 1 aliphatic rings. The van der Waals surface area contributed by atoms with Crippen LogP contribution >= 0.6 is 0 Å². The summed E-state index contributed by atoms with van der Waals surface area (Å²) in [6.45, 7) is 7.39. The minimum absolute atomic E-state index is 0.0812. The second-order valence-corrected chi connectivity index (χ2v) is 10.2. The van der Waals surface area contributed by atoms with Gasteiger partial charge in [-0.3, -0.25) is 14.6 Å². The topological polar surface area (TPSA) is 111 Å². The first-order valence-electron chi connectivity index (χ1n) is 13.6. The van der Waals surface area contributed by atoms with E-state index in [2.05, 4.69) is 40.1 Å². The lowest BCUT2D eigenvalue weighted by Gasteiger charge is -2.45. The van der Waals surface area contributed by atoms with E-state index in [1.54, 1.807) is 18.3 Å². The predicted molar refractivity (Wildman–Crippen MR) is 159 cm³/mol. The van der Waals surface area contributed by atoms with E-state index in [4.69, 9.17) is 10.00 Å². The molecular weight excluding hydrogens is 516 g/mol. The smallest absolute Gasteiger partial charge is 0.261 e. The fourth-order valence-corrected chi connectivity index (χ4v) is 5.57. The van der Waals surface area contributed by atoms with Crippen LogP contribution in [-0.2, 0) is 4.79 Å². The third-order valence-corrected chi connectivity index (χ3v) is 7.46. The zero-order chi connectivity index (χ0) is 29.1. The van der Waals surface area contributed by atoms with Crippen LogP contribution in [0.2, 0.25) is 0 Å². The van der Waals surface area contributed by atoms with E-state index < -0.39 is 0 Å². The third-order valence-electron chi connectivity index (χ3n) is 7.46. The molecule has 0 aliphatic carbocycles. The second-order valence-electron chi connectivity index (χ2n) is 10.2. The van der Waals surface area contributed by atoms with E-state index >= 15 is 0 Å². The highest BCUT2D eigenvalue weighted by atomic mass is 16.5. The first-order chi connectivity index (χ1) is 19.8. The Morgan fingerprint density at radius 2 is 1.76 bits per heavy atom. The molecule has 0 saturated carbocycles. The van der Waals surface area contributed by atoms with Crippen molar-refractivity contribution in [3.63, 3.8) is 0 Å². The van der Waals surface area contributed by atoms with Gasteiger partial charge in [0, 0.05) is 48.7 Å². The summed E-state index contributed by atoms with van der Waals surface area (Å²) in [5.41, 5.74) is 3.92. The van der Waals surface area contributed by atoms with E-state index in [0.717, 1.165) is 16.9 Å². The number of carbonyl (C=O) groups is 2. The van der Waals surface area contributed by atoms with Gasteiger partial charge in [-0.25, -0.2) is 4.98 Å². The second kappa shape index (κ2) is 11.6. The standard InChI is InChI=1S/C32H32N6O3/c1-5-29(39)38-20(2)18-37(19-21(38)3)28-14-13-24(16-34-28)36-32(40)27-17-35-30-25(7-6-8-26(30)31(27)41-4)23-11-9-22(15-33)10-12-23/h6-14,16-17,20-21H,5,18-19H2,1-4H3,(H,36,40)/t20-,21+. The Balaban J connectivity index is 1.35. The number of hydrogen-bond acceptors (Lipinski definition) is 7. The maximum absolute atomic E-state index is 13.3. The normalized spacial score (nSPS) is 16.8. The van der Waals surface area contributed by atoms with E-state index in [0.29, 0.717) is 53.0 Å². The molecule has 1 fully saturated rings. The molecule has 3 heterocycles. The highest BCUT2D eigenvalue weighted by Gasteiger charge is 2.32. The van der Waals surface area contributed by atoms with Gasteiger partial charge in [0.25, 0.3) is 5.91 Å². The summed E-state index contributed by atoms with van der Waals surface area (Å²) >= 11 is 0. The number of nitriles is 1. The van der Waals surface area contributed by atoms with Crippen LogP contribution in [0.25, 0.3) is 22.0 Å². The highest BCUT2D eigenvalue weighted by Crippen LogP contribution is 2.35. The summed E-state index contributed by atoms with van der Waals surface area (Å²) < 4.78 is 5.70.